The van der Waals surface area contributed by atoms with Crippen LogP contribution in [0.4, 0.5) is 5.69 Å². The van der Waals surface area contributed by atoms with Crippen molar-refractivity contribution in [2.75, 3.05) is 5.43 Å². The van der Waals surface area contributed by atoms with Crippen LogP contribution in [-0.2, 0) is 0 Å². The van der Waals surface area contributed by atoms with E-state index in [2.05, 4.69) is 54.0 Å². The summed E-state index contributed by atoms with van der Waals surface area (Å²) in [6.45, 7) is 0. The highest BCUT2D eigenvalue weighted by Crippen LogP contribution is 2.37. The van der Waals surface area contributed by atoms with Gasteiger partial charge in [0, 0.05) is 5.39 Å². The smallest absolute Gasteiger partial charge is 0.0564 e. The summed E-state index contributed by atoms with van der Waals surface area (Å²) in [5, 5.41) is 7.61. The highest BCUT2D eigenvalue weighted by molar-refractivity contribution is 6.25. The molecule has 2 heteroatoms. The molecule has 0 aliphatic carbocycles. The third kappa shape index (κ3) is 1.10. The van der Waals surface area contributed by atoms with Crippen molar-refractivity contribution in [1.82, 2.24) is 0 Å². The van der Waals surface area contributed by atoms with E-state index in [9.17, 15) is 0 Å². The Morgan fingerprint density at radius 1 is 0.667 bits per heavy atom. The standard InChI is InChI=1S/C16H12N2/c17-18-14-9-7-12-5-4-10-2-1-3-11-6-8-13(14)16(12)15(10)11/h1-9,18H,17H2. The zero-order valence-electron chi connectivity index (χ0n) is 9.77. The number of benzene rings is 4. The van der Waals surface area contributed by atoms with Crippen LogP contribution in [0.15, 0.2) is 54.6 Å². The average Bonchev–Trinajstić information content (AvgIpc) is 2.44. The predicted molar refractivity (Wildman–Crippen MR) is 78.0 cm³/mol. The van der Waals surface area contributed by atoms with Crippen LogP contribution >= 0.6 is 0 Å². The van der Waals surface area contributed by atoms with Gasteiger partial charge in [0.05, 0.1) is 5.69 Å². The van der Waals surface area contributed by atoms with Crippen LogP contribution in [0, 0.1) is 0 Å². The number of nitrogens with one attached hydrogen (secondary N) is 1. The Bertz CT molecular complexity index is 849. The van der Waals surface area contributed by atoms with E-state index in [4.69, 9.17) is 5.84 Å². The summed E-state index contributed by atoms with van der Waals surface area (Å²) in [4.78, 5) is 0. The molecule has 0 bridgehead atoms. The van der Waals surface area contributed by atoms with Gasteiger partial charge < -0.3 is 5.43 Å². The molecule has 0 atom stereocenters. The Morgan fingerprint density at radius 3 is 2.00 bits per heavy atom. The number of nitrogen functional groups attached to an aromatic ring is 1. The molecule has 0 aliphatic heterocycles. The molecule has 0 aromatic heterocycles. The molecule has 0 spiro atoms. The van der Waals surface area contributed by atoms with Gasteiger partial charge in [0.15, 0.2) is 0 Å². The van der Waals surface area contributed by atoms with Crippen molar-refractivity contribution in [3.8, 4) is 0 Å². The summed E-state index contributed by atoms with van der Waals surface area (Å²) < 4.78 is 0. The first kappa shape index (κ1) is 9.68. The summed E-state index contributed by atoms with van der Waals surface area (Å²) in [5.74, 6) is 5.60. The SMILES string of the molecule is NNc1ccc2ccc3cccc4ccc1c2c34. The van der Waals surface area contributed by atoms with Gasteiger partial charge in [-0.1, -0.05) is 48.5 Å². The zero-order valence-corrected chi connectivity index (χ0v) is 9.77. The molecular formula is C16H12N2. The first-order valence-electron chi connectivity index (χ1n) is 6.01. The quantitative estimate of drug-likeness (QED) is 0.297. The molecule has 3 N–H and O–H groups in total. The normalized spacial score (nSPS) is 11.6. The minimum absolute atomic E-state index is 0.973. The molecule has 0 amide bonds. The first-order chi connectivity index (χ1) is 8.88. The molecule has 0 heterocycles. The van der Waals surface area contributed by atoms with E-state index in [1.54, 1.807) is 0 Å². The largest absolute Gasteiger partial charge is 0.324 e. The van der Waals surface area contributed by atoms with Crippen molar-refractivity contribution in [3.05, 3.63) is 54.6 Å². The van der Waals surface area contributed by atoms with E-state index in [0.717, 1.165) is 5.69 Å². The Hall–Kier alpha value is -2.32. The Kier molecular flexibility index (Phi) is 1.80. The molecule has 2 nitrogen and oxygen atoms in total. The molecule has 4 rings (SSSR count). The van der Waals surface area contributed by atoms with Gasteiger partial charge in [-0.15, -0.1) is 0 Å². The van der Waals surface area contributed by atoms with Crippen LogP contribution in [0.25, 0.3) is 32.3 Å². The fourth-order valence-electron chi connectivity index (χ4n) is 2.86. The van der Waals surface area contributed by atoms with Gasteiger partial charge >= 0.3 is 0 Å². The van der Waals surface area contributed by atoms with Crippen molar-refractivity contribution >= 4 is 38.0 Å². The van der Waals surface area contributed by atoms with Crippen molar-refractivity contribution in [3.63, 3.8) is 0 Å². The molecule has 86 valence electrons. The van der Waals surface area contributed by atoms with Crippen molar-refractivity contribution in [2.24, 2.45) is 5.84 Å². The summed E-state index contributed by atoms with van der Waals surface area (Å²) >= 11 is 0. The maximum atomic E-state index is 5.60. The molecule has 0 radical (unpaired) electrons. The Morgan fingerprint density at radius 2 is 1.28 bits per heavy atom. The molecule has 0 saturated heterocycles. The first-order valence-corrected chi connectivity index (χ1v) is 6.01. The minimum Gasteiger partial charge on any atom is -0.324 e. The summed E-state index contributed by atoms with van der Waals surface area (Å²) in [7, 11) is 0. The lowest BCUT2D eigenvalue weighted by molar-refractivity contribution is 1.37. The predicted octanol–water partition coefficient (Wildman–Crippen LogP) is 3.87. The number of rotatable bonds is 1. The number of hydrazine groups is 1. The number of nitrogens with two attached hydrogens (primary N) is 1. The summed E-state index contributed by atoms with van der Waals surface area (Å²) in [6, 6.07) is 19.2. The van der Waals surface area contributed by atoms with Crippen molar-refractivity contribution in [1.29, 1.82) is 0 Å². The lowest BCUT2D eigenvalue weighted by Crippen LogP contribution is -2.07. The third-order valence-corrected chi connectivity index (χ3v) is 3.68. The number of hydrogen-bond donors (Lipinski definition) is 2. The highest BCUT2D eigenvalue weighted by atomic mass is 15.2. The van der Waals surface area contributed by atoms with Gasteiger partial charge in [0.25, 0.3) is 0 Å². The minimum atomic E-state index is 0.973. The topological polar surface area (TPSA) is 38.0 Å². The molecule has 0 saturated carbocycles. The second-order valence-corrected chi connectivity index (χ2v) is 4.61. The van der Waals surface area contributed by atoms with E-state index >= 15 is 0 Å². The molecule has 18 heavy (non-hydrogen) atoms. The molecule has 0 fully saturated rings. The van der Waals surface area contributed by atoms with Gasteiger partial charge in [-0.2, -0.15) is 0 Å². The van der Waals surface area contributed by atoms with Crippen molar-refractivity contribution in [2.45, 2.75) is 0 Å². The maximum absolute atomic E-state index is 5.60. The Labute approximate surface area is 104 Å². The van der Waals surface area contributed by atoms with Crippen LogP contribution in [0.1, 0.15) is 0 Å². The van der Waals surface area contributed by atoms with E-state index in [0.29, 0.717) is 0 Å². The van der Waals surface area contributed by atoms with E-state index in [1.807, 2.05) is 6.07 Å². The van der Waals surface area contributed by atoms with Crippen LogP contribution in [0.3, 0.4) is 0 Å². The van der Waals surface area contributed by atoms with Crippen LogP contribution in [0.2, 0.25) is 0 Å². The molecular weight excluding hydrogens is 220 g/mol. The second kappa shape index (κ2) is 3.34. The highest BCUT2D eigenvalue weighted by Gasteiger charge is 2.09. The number of anilines is 1. The number of hydrogen-bond acceptors (Lipinski definition) is 2. The van der Waals surface area contributed by atoms with Gasteiger partial charge in [-0.25, -0.2) is 0 Å². The third-order valence-electron chi connectivity index (χ3n) is 3.68. The van der Waals surface area contributed by atoms with Crippen molar-refractivity contribution < 1.29 is 0 Å². The van der Waals surface area contributed by atoms with E-state index < -0.39 is 0 Å². The molecule has 0 aliphatic rings. The fraction of sp³-hybridized carbons (Fsp3) is 0. The molecule has 4 aromatic rings. The van der Waals surface area contributed by atoms with E-state index in [1.165, 1.54) is 32.3 Å². The summed E-state index contributed by atoms with van der Waals surface area (Å²) in [5.41, 5.74) is 3.75. The van der Waals surface area contributed by atoms with Crippen LogP contribution < -0.4 is 11.3 Å². The van der Waals surface area contributed by atoms with E-state index in [-0.39, 0.29) is 0 Å². The monoisotopic (exact) mass is 232 g/mol. The lowest BCUT2D eigenvalue weighted by Gasteiger charge is -2.13. The van der Waals surface area contributed by atoms with Gasteiger partial charge in [0.1, 0.15) is 0 Å². The second-order valence-electron chi connectivity index (χ2n) is 4.61. The average molecular weight is 232 g/mol. The Balaban J connectivity index is 2.40. The van der Waals surface area contributed by atoms with Gasteiger partial charge in [-0.05, 0) is 33.0 Å². The molecule has 0 unspecified atom stereocenters. The zero-order chi connectivity index (χ0) is 12.1. The van der Waals surface area contributed by atoms with Crippen LogP contribution in [-0.4, -0.2) is 0 Å². The lowest BCUT2D eigenvalue weighted by atomic mass is 9.94. The van der Waals surface area contributed by atoms with Crippen LogP contribution in [0.5, 0.6) is 0 Å². The molecule has 4 aromatic carbocycles. The maximum Gasteiger partial charge on any atom is 0.0564 e. The van der Waals surface area contributed by atoms with Gasteiger partial charge in [-0.3, -0.25) is 5.84 Å². The fourth-order valence-corrected chi connectivity index (χ4v) is 2.86. The summed E-state index contributed by atoms with van der Waals surface area (Å²) in [6.07, 6.45) is 0. The van der Waals surface area contributed by atoms with Gasteiger partial charge in [0.2, 0.25) is 0 Å².